The van der Waals surface area contributed by atoms with Crippen LogP contribution in [0.4, 0.5) is 10.2 Å². The number of halogens is 1. The van der Waals surface area contributed by atoms with Gasteiger partial charge >= 0.3 is 0 Å². The van der Waals surface area contributed by atoms with E-state index in [1.165, 1.54) is 6.07 Å². The predicted molar refractivity (Wildman–Crippen MR) is 46.8 cm³/mol. The Morgan fingerprint density at radius 2 is 2.38 bits per heavy atom. The molecule has 0 amide bonds. The van der Waals surface area contributed by atoms with E-state index < -0.39 is 5.82 Å². The van der Waals surface area contributed by atoms with E-state index in [2.05, 4.69) is 10.3 Å². The molecule has 1 saturated carbocycles. The van der Waals surface area contributed by atoms with Crippen LogP contribution in [0.25, 0.3) is 0 Å². The highest BCUT2D eigenvalue weighted by molar-refractivity contribution is 5.45. The monoisotopic (exact) mass is 182 g/mol. The molecule has 2 N–H and O–H groups in total. The first-order valence-electron chi connectivity index (χ1n) is 4.31. The molecule has 0 radical (unpaired) electrons. The van der Waals surface area contributed by atoms with E-state index in [1.807, 2.05) is 0 Å². The molecule has 1 aromatic rings. The van der Waals surface area contributed by atoms with Crippen molar-refractivity contribution in [1.29, 1.82) is 0 Å². The molecule has 1 aliphatic carbocycles. The van der Waals surface area contributed by atoms with Crippen LogP contribution in [-0.2, 0) is 6.61 Å². The van der Waals surface area contributed by atoms with E-state index in [-0.39, 0.29) is 6.61 Å². The Labute approximate surface area is 75.6 Å². The molecule has 1 heterocycles. The van der Waals surface area contributed by atoms with E-state index in [9.17, 15) is 4.39 Å². The van der Waals surface area contributed by atoms with Gasteiger partial charge in [0.05, 0.1) is 12.8 Å². The van der Waals surface area contributed by atoms with Crippen molar-refractivity contribution in [2.75, 3.05) is 5.32 Å². The number of aliphatic hydroxyl groups is 1. The molecule has 2 rings (SSSR count). The van der Waals surface area contributed by atoms with Gasteiger partial charge in [0.1, 0.15) is 11.6 Å². The maximum atomic E-state index is 12.7. The minimum Gasteiger partial charge on any atom is -0.392 e. The number of anilines is 1. The topological polar surface area (TPSA) is 45.2 Å². The predicted octanol–water partition coefficient (Wildman–Crippen LogP) is 1.29. The summed E-state index contributed by atoms with van der Waals surface area (Å²) in [6.45, 7) is -0.181. The molecule has 0 saturated heterocycles. The Morgan fingerprint density at radius 3 is 3.00 bits per heavy atom. The lowest BCUT2D eigenvalue weighted by Crippen LogP contribution is -2.06. The van der Waals surface area contributed by atoms with E-state index in [0.717, 1.165) is 19.0 Å². The summed E-state index contributed by atoms with van der Waals surface area (Å²) in [6, 6.07) is 1.76. The number of rotatable bonds is 3. The van der Waals surface area contributed by atoms with Crippen molar-refractivity contribution < 1.29 is 9.50 Å². The minimum atomic E-state index is -0.412. The third-order valence-electron chi connectivity index (χ3n) is 2.02. The van der Waals surface area contributed by atoms with Gasteiger partial charge in [0.2, 0.25) is 0 Å². The minimum absolute atomic E-state index is 0.181. The van der Waals surface area contributed by atoms with Crippen molar-refractivity contribution in [3.63, 3.8) is 0 Å². The van der Waals surface area contributed by atoms with Gasteiger partial charge in [0.15, 0.2) is 0 Å². The molecule has 0 atom stereocenters. The second-order valence-corrected chi connectivity index (χ2v) is 3.24. The van der Waals surface area contributed by atoms with E-state index in [1.54, 1.807) is 0 Å². The highest BCUT2D eigenvalue weighted by Gasteiger charge is 2.22. The van der Waals surface area contributed by atoms with Gasteiger partial charge in [-0.05, 0) is 18.9 Å². The Kier molecular flexibility index (Phi) is 2.14. The summed E-state index contributed by atoms with van der Waals surface area (Å²) in [6.07, 6.45) is 3.41. The maximum Gasteiger partial charge on any atom is 0.142 e. The third kappa shape index (κ3) is 1.95. The van der Waals surface area contributed by atoms with Crippen LogP contribution in [-0.4, -0.2) is 16.1 Å². The fourth-order valence-corrected chi connectivity index (χ4v) is 1.15. The van der Waals surface area contributed by atoms with E-state index in [0.29, 0.717) is 17.4 Å². The van der Waals surface area contributed by atoms with Gasteiger partial charge in [0, 0.05) is 11.6 Å². The fourth-order valence-electron chi connectivity index (χ4n) is 1.15. The third-order valence-corrected chi connectivity index (χ3v) is 2.02. The molecule has 3 nitrogen and oxygen atoms in total. The Morgan fingerprint density at radius 1 is 1.62 bits per heavy atom. The second kappa shape index (κ2) is 3.30. The molecule has 4 heteroatoms. The number of aromatic nitrogens is 1. The van der Waals surface area contributed by atoms with Crippen molar-refractivity contribution in [3.8, 4) is 0 Å². The summed E-state index contributed by atoms with van der Waals surface area (Å²) in [5, 5.41) is 12.1. The average molecular weight is 182 g/mol. The molecule has 13 heavy (non-hydrogen) atoms. The lowest BCUT2D eigenvalue weighted by Gasteiger charge is -2.07. The molecule has 1 fully saturated rings. The van der Waals surface area contributed by atoms with Crippen molar-refractivity contribution in [1.82, 2.24) is 4.98 Å². The van der Waals surface area contributed by atoms with E-state index >= 15 is 0 Å². The highest BCUT2D eigenvalue weighted by Crippen LogP contribution is 2.25. The SMILES string of the molecule is OCc1cc(F)cnc1NC1CC1. The van der Waals surface area contributed by atoms with E-state index in [4.69, 9.17) is 5.11 Å². The Balaban J connectivity index is 2.21. The van der Waals surface area contributed by atoms with Gasteiger partial charge in [-0.25, -0.2) is 9.37 Å². The summed E-state index contributed by atoms with van der Waals surface area (Å²) >= 11 is 0. The largest absolute Gasteiger partial charge is 0.392 e. The van der Waals surface area contributed by atoms with Gasteiger partial charge in [-0.1, -0.05) is 0 Å². The fraction of sp³-hybridized carbons (Fsp3) is 0.444. The van der Waals surface area contributed by atoms with Gasteiger partial charge in [-0.3, -0.25) is 0 Å². The lowest BCUT2D eigenvalue weighted by molar-refractivity contribution is 0.281. The van der Waals surface area contributed by atoms with Crippen molar-refractivity contribution in [3.05, 3.63) is 23.6 Å². The molecule has 0 spiro atoms. The maximum absolute atomic E-state index is 12.7. The van der Waals surface area contributed by atoms with Crippen LogP contribution in [0.3, 0.4) is 0 Å². The quantitative estimate of drug-likeness (QED) is 0.740. The molecule has 1 aromatic heterocycles. The Bertz CT molecular complexity index is 312. The van der Waals surface area contributed by atoms with Crippen LogP contribution in [0.1, 0.15) is 18.4 Å². The first-order valence-corrected chi connectivity index (χ1v) is 4.31. The van der Waals surface area contributed by atoms with Gasteiger partial charge in [0.25, 0.3) is 0 Å². The number of aliphatic hydroxyl groups excluding tert-OH is 1. The second-order valence-electron chi connectivity index (χ2n) is 3.24. The van der Waals surface area contributed by atoms with Crippen LogP contribution in [0.2, 0.25) is 0 Å². The number of pyridine rings is 1. The molecular weight excluding hydrogens is 171 g/mol. The summed E-state index contributed by atoms with van der Waals surface area (Å²) in [5.74, 6) is 0.191. The first-order chi connectivity index (χ1) is 6.29. The lowest BCUT2D eigenvalue weighted by atomic mass is 10.2. The standard InChI is InChI=1S/C9H11FN2O/c10-7-3-6(5-13)9(11-4-7)12-8-1-2-8/h3-4,8,13H,1-2,5H2,(H,11,12). The molecule has 70 valence electrons. The summed E-state index contributed by atoms with van der Waals surface area (Å²) in [4.78, 5) is 3.88. The molecular formula is C9H11FN2O. The number of hydrogen-bond acceptors (Lipinski definition) is 3. The van der Waals surface area contributed by atoms with Crippen molar-refractivity contribution in [2.24, 2.45) is 0 Å². The van der Waals surface area contributed by atoms with Crippen LogP contribution < -0.4 is 5.32 Å². The number of nitrogens with zero attached hydrogens (tertiary/aromatic N) is 1. The average Bonchev–Trinajstić information content (AvgIpc) is 2.92. The summed E-state index contributed by atoms with van der Waals surface area (Å²) in [5.41, 5.74) is 0.520. The normalized spacial score (nSPS) is 15.8. The zero-order valence-corrected chi connectivity index (χ0v) is 7.13. The zero-order chi connectivity index (χ0) is 9.26. The number of hydrogen-bond donors (Lipinski definition) is 2. The molecule has 0 aliphatic heterocycles. The van der Waals surface area contributed by atoms with Crippen LogP contribution in [0, 0.1) is 5.82 Å². The number of nitrogens with one attached hydrogen (secondary N) is 1. The van der Waals surface area contributed by atoms with Crippen LogP contribution >= 0.6 is 0 Å². The van der Waals surface area contributed by atoms with Gasteiger partial charge in [-0.2, -0.15) is 0 Å². The molecule has 0 bridgehead atoms. The van der Waals surface area contributed by atoms with Crippen molar-refractivity contribution in [2.45, 2.75) is 25.5 Å². The zero-order valence-electron chi connectivity index (χ0n) is 7.13. The smallest absolute Gasteiger partial charge is 0.142 e. The Hall–Kier alpha value is -1.16. The summed E-state index contributed by atoms with van der Waals surface area (Å²) in [7, 11) is 0. The first kappa shape index (κ1) is 8.44. The molecule has 0 unspecified atom stereocenters. The van der Waals surface area contributed by atoms with Crippen LogP contribution in [0.5, 0.6) is 0 Å². The molecule has 0 aromatic carbocycles. The summed E-state index contributed by atoms with van der Waals surface area (Å²) < 4.78 is 12.7. The van der Waals surface area contributed by atoms with Gasteiger partial charge < -0.3 is 10.4 Å². The highest BCUT2D eigenvalue weighted by atomic mass is 19.1. The molecule has 1 aliphatic rings. The van der Waals surface area contributed by atoms with Crippen molar-refractivity contribution >= 4 is 5.82 Å². The van der Waals surface area contributed by atoms with Crippen LogP contribution in [0.15, 0.2) is 12.3 Å². The van der Waals surface area contributed by atoms with Gasteiger partial charge in [-0.15, -0.1) is 0 Å².